The van der Waals surface area contributed by atoms with Gasteiger partial charge >= 0.3 is 16.4 Å². The van der Waals surface area contributed by atoms with Crippen molar-refractivity contribution in [3.8, 4) is 0 Å². The van der Waals surface area contributed by atoms with Gasteiger partial charge < -0.3 is 74.4 Å². The van der Waals surface area contributed by atoms with Crippen LogP contribution in [-0.4, -0.2) is 176 Å². The van der Waals surface area contributed by atoms with E-state index >= 15 is 4.79 Å². The molecule has 0 bridgehead atoms. The monoisotopic (exact) mass is 1010 g/mol. The Morgan fingerprint density at radius 2 is 1.32 bits per heavy atom. The summed E-state index contributed by atoms with van der Waals surface area (Å²) in [5.41, 5.74) is -1.01. The van der Waals surface area contributed by atoms with Crippen LogP contribution in [0.5, 0.6) is 0 Å². The first-order valence-electron chi connectivity index (χ1n) is 24.9. The highest BCUT2D eigenvalue weighted by Gasteiger charge is 2.73. The standard InChI is InChI=1S/C48H78O20S/c1-21(2)23-11-16-48(18-17-46(7)24(30(23)48)9-10-28-45(6)14-13-29(68-69(59,60)61)44(4,5)27(45)12-15-47(28,46)8)43(58)67-42-37(56)34(53)32(51)26(65-42)20-62-40-38(57)35(54)39(25(19-49)64-40)66-41-36(55)33(52)31(50)22(3)63-41/h22-42,49-57H,1,9-20H2,2-8H3,(H,59,60,61)/t22-,23-,24+,25+,26+,27+,28+,29+,30+,31-,32+,33+,34-,35+,36+,37+,38+,39+,40+,41-,42-,45-,46+,47+,48-/m0/s1. The molecule has 5 aliphatic carbocycles. The van der Waals surface area contributed by atoms with E-state index in [-0.39, 0.29) is 39.9 Å². The molecule has 5 saturated carbocycles. The predicted molar refractivity (Wildman–Crippen MR) is 239 cm³/mol. The first-order valence-corrected chi connectivity index (χ1v) is 26.3. The summed E-state index contributed by atoms with van der Waals surface area (Å²) in [6.45, 7) is 17.7. The molecule has 0 aromatic heterocycles. The average Bonchev–Trinajstić information content (AvgIpc) is 3.69. The number of allylic oxidation sites excluding steroid dienone is 1. The van der Waals surface area contributed by atoms with Crippen LogP contribution < -0.4 is 0 Å². The van der Waals surface area contributed by atoms with Crippen LogP contribution in [0.25, 0.3) is 0 Å². The summed E-state index contributed by atoms with van der Waals surface area (Å²) in [4.78, 5) is 15.0. The smallest absolute Gasteiger partial charge is 0.397 e. The number of rotatable bonds is 11. The Kier molecular flexibility index (Phi) is 14.8. The Morgan fingerprint density at radius 3 is 1.97 bits per heavy atom. The third-order valence-electron chi connectivity index (χ3n) is 19.9. The molecule has 3 saturated heterocycles. The van der Waals surface area contributed by atoms with Crippen molar-refractivity contribution in [2.75, 3.05) is 13.2 Å². The molecule has 396 valence electrons. The molecule has 8 fully saturated rings. The number of esters is 1. The number of aliphatic hydroxyl groups excluding tert-OH is 9. The van der Waals surface area contributed by atoms with Gasteiger partial charge in [-0.3, -0.25) is 9.35 Å². The van der Waals surface area contributed by atoms with Crippen molar-refractivity contribution in [1.82, 2.24) is 0 Å². The Bertz CT molecular complexity index is 2010. The molecule has 69 heavy (non-hydrogen) atoms. The lowest BCUT2D eigenvalue weighted by Crippen LogP contribution is -2.67. The van der Waals surface area contributed by atoms with Gasteiger partial charge in [0.2, 0.25) is 6.29 Å². The van der Waals surface area contributed by atoms with Crippen molar-refractivity contribution in [3.05, 3.63) is 12.2 Å². The highest BCUT2D eigenvalue weighted by atomic mass is 32.3. The largest absolute Gasteiger partial charge is 0.432 e. The lowest BCUT2D eigenvalue weighted by Gasteiger charge is -2.72. The van der Waals surface area contributed by atoms with Gasteiger partial charge in [-0.25, -0.2) is 4.18 Å². The lowest BCUT2D eigenvalue weighted by atomic mass is 9.32. The summed E-state index contributed by atoms with van der Waals surface area (Å²) in [7, 11) is -4.64. The minimum absolute atomic E-state index is 0.000268. The molecule has 10 N–H and O–H groups in total. The molecular formula is C48H78O20S. The van der Waals surface area contributed by atoms with E-state index in [1.54, 1.807) is 0 Å². The number of hydrogen-bond donors (Lipinski definition) is 10. The van der Waals surface area contributed by atoms with E-state index in [0.717, 1.165) is 44.1 Å². The quantitative estimate of drug-likeness (QED) is 0.0779. The molecule has 0 amide bonds. The molecule has 0 unspecified atom stereocenters. The summed E-state index contributed by atoms with van der Waals surface area (Å²) in [6.07, 6.45) is -17.9. The summed E-state index contributed by atoms with van der Waals surface area (Å²) < 4.78 is 73.5. The van der Waals surface area contributed by atoms with Gasteiger partial charge in [0, 0.05) is 0 Å². The van der Waals surface area contributed by atoms with Crippen molar-refractivity contribution in [1.29, 1.82) is 0 Å². The predicted octanol–water partition coefficient (Wildman–Crippen LogP) is 0.851. The second-order valence-electron chi connectivity index (χ2n) is 23.5. The highest BCUT2D eigenvalue weighted by Crippen LogP contribution is 2.78. The van der Waals surface area contributed by atoms with Crippen molar-refractivity contribution in [2.24, 2.45) is 56.7 Å². The van der Waals surface area contributed by atoms with Crippen molar-refractivity contribution < 1.29 is 96.3 Å². The first kappa shape index (κ1) is 53.8. The minimum atomic E-state index is -4.64. The molecule has 0 aromatic rings. The summed E-state index contributed by atoms with van der Waals surface area (Å²) >= 11 is 0. The summed E-state index contributed by atoms with van der Waals surface area (Å²) in [6, 6.07) is 0. The molecule has 21 heteroatoms. The van der Waals surface area contributed by atoms with E-state index in [1.807, 2.05) is 6.92 Å². The van der Waals surface area contributed by atoms with Gasteiger partial charge in [0.25, 0.3) is 0 Å². The SMILES string of the molecule is C=C(C)[C@@H]1CC[C@]2(C(=O)O[C@@H]3O[C@H](CO[C@@H]4O[C@H](CO)[C@@H](O[C@@H]5O[C@@H](C)[C@H](O)[C@@H](O)[C@H]5O)[C@H](O)[C@H]4O)[C@@H](O)[C@H](O)[C@H]3O)CC[C@]3(C)[C@H](CC[C@@H]4[C@@]5(C)CC[C@@H](OS(=O)(=O)O)C(C)(C)[C@H]5CC[C@]43C)[C@@H]12. The van der Waals surface area contributed by atoms with Crippen LogP contribution in [0.4, 0.5) is 0 Å². The molecule has 0 aromatic carbocycles. The zero-order valence-electron chi connectivity index (χ0n) is 40.8. The van der Waals surface area contributed by atoms with Gasteiger partial charge in [0.05, 0.1) is 30.8 Å². The molecule has 0 radical (unpaired) electrons. The van der Waals surface area contributed by atoms with Crippen LogP contribution in [0.1, 0.15) is 113 Å². The molecular weight excluding hydrogens is 929 g/mol. The van der Waals surface area contributed by atoms with E-state index in [0.29, 0.717) is 31.6 Å². The maximum absolute atomic E-state index is 15.0. The van der Waals surface area contributed by atoms with E-state index < -0.39 is 139 Å². The molecule has 3 heterocycles. The van der Waals surface area contributed by atoms with Crippen molar-refractivity contribution in [2.45, 2.75) is 211 Å². The van der Waals surface area contributed by atoms with E-state index in [4.69, 9.17) is 32.6 Å². The Labute approximate surface area is 404 Å². The van der Waals surface area contributed by atoms with Gasteiger partial charge in [-0.15, -0.1) is 0 Å². The van der Waals surface area contributed by atoms with Crippen LogP contribution in [0.2, 0.25) is 0 Å². The molecule has 3 aliphatic heterocycles. The molecule has 25 atom stereocenters. The molecule has 0 spiro atoms. The topological polar surface area (TPSA) is 318 Å². The maximum Gasteiger partial charge on any atom is 0.397 e. The second-order valence-corrected chi connectivity index (χ2v) is 24.5. The van der Waals surface area contributed by atoms with Crippen molar-refractivity contribution >= 4 is 16.4 Å². The fourth-order valence-electron chi connectivity index (χ4n) is 16.0. The van der Waals surface area contributed by atoms with Gasteiger partial charge in [0.1, 0.15) is 67.1 Å². The normalized spacial score (nSPS) is 53.0. The van der Waals surface area contributed by atoms with Crippen molar-refractivity contribution in [3.63, 3.8) is 0 Å². The average molecular weight is 1010 g/mol. The van der Waals surface area contributed by atoms with Gasteiger partial charge in [-0.2, -0.15) is 8.42 Å². The number of ether oxygens (including phenoxy) is 6. The van der Waals surface area contributed by atoms with E-state index in [1.165, 1.54) is 6.92 Å². The Hall–Kier alpha value is -1.48. The fraction of sp³-hybridized carbons (Fsp3) is 0.938. The zero-order chi connectivity index (χ0) is 50.7. The van der Waals surface area contributed by atoms with Crippen LogP contribution in [0.15, 0.2) is 12.2 Å². The molecule has 8 rings (SSSR count). The van der Waals surface area contributed by atoms with Crippen LogP contribution in [0, 0.1) is 56.7 Å². The number of aliphatic hydroxyl groups is 9. The first-order chi connectivity index (χ1) is 32.1. The third kappa shape index (κ3) is 8.79. The lowest BCUT2D eigenvalue weighted by molar-refractivity contribution is -0.361. The Balaban J connectivity index is 0.964. The van der Waals surface area contributed by atoms with E-state index in [9.17, 15) is 58.9 Å². The molecule has 20 nitrogen and oxygen atoms in total. The third-order valence-corrected chi connectivity index (χ3v) is 20.4. The maximum atomic E-state index is 15.0. The van der Waals surface area contributed by atoms with Gasteiger partial charge in [0.15, 0.2) is 12.6 Å². The zero-order valence-corrected chi connectivity index (χ0v) is 41.6. The summed E-state index contributed by atoms with van der Waals surface area (Å²) in [5, 5.41) is 96.5. The van der Waals surface area contributed by atoms with Crippen LogP contribution >= 0.6 is 0 Å². The minimum Gasteiger partial charge on any atom is -0.432 e. The number of hydrogen-bond acceptors (Lipinski definition) is 19. The fourth-order valence-corrected chi connectivity index (χ4v) is 16.6. The van der Waals surface area contributed by atoms with Gasteiger partial charge in [-0.05, 0) is 129 Å². The Morgan fingerprint density at radius 1 is 0.681 bits per heavy atom. The van der Waals surface area contributed by atoms with E-state index in [2.05, 4.69) is 41.2 Å². The van der Waals surface area contributed by atoms with Crippen LogP contribution in [0.3, 0.4) is 0 Å². The van der Waals surface area contributed by atoms with Gasteiger partial charge in [-0.1, -0.05) is 46.8 Å². The highest BCUT2D eigenvalue weighted by molar-refractivity contribution is 7.80. The number of fused-ring (bicyclic) bond motifs is 7. The summed E-state index contributed by atoms with van der Waals surface area (Å²) in [5.74, 6) is -0.206. The second kappa shape index (κ2) is 19.0. The molecule has 8 aliphatic rings. The van der Waals surface area contributed by atoms with Crippen LogP contribution in [-0.2, 0) is 47.8 Å². The number of carbonyl (C=O) groups is 1. The number of carbonyl (C=O) groups excluding carboxylic acids is 1.